The molecule has 2 aromatic rings. The van der Waals surface area contributed by atoms with Crippen molar-refractivity contribution < 1.29 is 35.5 Å². The van der Waals surface area contributed by atoms with Crippen molar-refractivity contribution in [3.63, 3.8) is 0 Å². The lowest BCUT2D eigenvalue weighted by atomic mass is 10.00. The van der Waals surface area contributed by atoms with Gasteiger partial charge in [-0.2, -0.15) is 0 Å². The van der Waals surface area contributed by atoms with Gasteiger partial charge in [0.15, 0.2) is 0 Å². The lowest BCUT2D eigenvalue weighted by Crippen LogP contribution is -2.46. The Hall–Kier alpha value is -1.99. The van der Waals surface area contributed by atoms with Gasteiger partial charge in [0, 0.05) is 31.7 Å². The van der Waals surface area contributed by atoms with E-state index < -0.39 is 46.2 Å². The molecule has 0 N–H and O–H groups in total. The topological polar surface area (TPSA) is 66.9 Å². The number of nitrogens with zero attached hydrogens (tertiary/aromatic N) is 2. The van der Waals surface area contributed by atoms with Crippen LogP contribution in [0.25, 0.3) is 0 Å². The highest BCUT2D eigenvalue weighted by Gasteiger charge is 2.54. The number of halogens is 4. The van der Waals surface area contributed by atoms with E-state index in [-0.39, 0.29) is 29.9 Å². The van der Waals surface area contributed by atoms with Crippen molar-refractivity contribution in [2.45, 2.75) is 99.7 Å². The van der Waals surface area contributed by atoms with Crippen LogP contribution in [0.5, 0.6) is 0 Å². The Bertz CT molecular complexity index is 1220. The van der Waals surface area contributed by atoms with Crippen LogP contribution in [0, 0.1) is 23.5 Å². The molecule has 10 atom stereocenters. The summed E-state index contributed by atoms with van der Waals surface area (Å²) in [5.41, 5.74) is 0. The zero-order valence-electron chi connectivity index (χ0n) is 25.2. The summed E-state index contributed by atoms with van der Waals surface area (Å²) in [7, 11) is -1.25. The smallest absolute Gasteiger partial charge is 0.138 e. The van der Waals surface area contributed by atoms with Gasteiger partial charge in [-0.25, -0.2) is 34.6 Å². The van der Waals surface area contributed by atoms with Crippen molar-refractivity contribution in [1.82, 2.24) is 8.61 Å². The number of benzene rings is 2. The van der Waals surface area contributed by atoms with Crippen molar-refractivity contribution in [3.8, 4) is 0 Å². The van der Waals surface area contributed by atoms with E-state index in [0.717, 1.165) is 13.0 Å². The molecule has 12 heteroatoms. The molecule has 2 saturated heterocycles. The fourth-order valence-electron chi connectivity index (χ4n) is 6.18. The third-order valence-electron chi connectivity index (χ3n) is 8.34. The minimum atomic E-state index is -1.54. The normalized spacial score (nSPS) is 32.0. The second kappa shape index (κ2) is 16.4. The Balaban J connectivity index is 0.000000200. The van der Waals surface area contributed by atoms with E-state index in [1.165, 1.54) is 48.5 Å². The maximum absolute atomic E-state index is 13.7. The number of rotatable bonds is 6. The first-order valence-corrected chi connectivity index (χ1v) is 17.0. The molecular formula is C31H42F4N2O4S2. The average Bonchev–Trinajstić information content (AvgIpc) is 3.77. The summed E-state index contributed by atoms with van der Waals surface area (Å²) in [6.07, 6.45) is 1.08. The number of piperidine rings is 2. The highest BCUT2D eigenvalue weighted by Crippen LogP contribution is 2.46. The lowest BCUT2D eigenvalue weighted by Gasteiger charge is -2.33. The van der Waals surface area contributed by atoms with Crippen molar-refractivity contribution in [2.75, 3.05) is 13.7 Å². The molecule has 6 rings (SSSR count). The number of ether oxygens (including phenoxy) is 1. The summed E-state index contributed by atoms with van der Waals surface area (Å²) in [4.78, 5) is 12.1. The minimum Gasteiger partial charge on any atom is -0.385 e. The second-order valence-electron chi connectivity index (χ2n) is 10.7. The molecule has 43 heavy (non-hydrogen) atoms. The Morgan fingerprint density at radius 2 is 1.33 bits per heavy atom. The van der Waals surface area contributed by atoms with Crippen LogP contribution >= 0.6 is 0 Å². The molecule has 0 amide bonds. The number of aldehydes is 1. The molecule has 0 radical (unpaired) electrons. The van der Waals surface area contributed by atoms with E-state index in [1.54, 1.807) is 15.7 Å². The van der Waals surface area contributed by atoms with Crippen LogP contribution in [0.1, 0.15) is 53.4 Å². The average molecular weight is 647 g/mol. The van der Waals surface area contributed by atoms with Gasteiger partial charge in [-0.05, 0) is 94.0 Å². The number of fused-ring (bicyclic) bond motifs is 4. The van der Waals surface area contributed by atoms with Gasteiger partial charge < -0.3 is 9.53 Å². The zero-order valence-corrected chi connectivity index (χ0v) is 26.8. The van der Waals surface area contributed by atoms with Gasteiger partial charge in [0.2, 0.25) is 0 Å². The lowest BCUT2D eigenvalue weighted by molar-refractivity contribution is -0.112. The molecule has 4 fully saturated rings. The van der Waals surface area contributed by atoms with Crippen LogP contribution in [0.2, 0.25) is 0 Å². The number of carbonyl (C=O) groups excluding carboxylic acids is 1. The number of hydrogen-bond donors (Lipinski definition) is 0. The predicted molar refractivity (Wildman–Crippen MR) is 160 cm³/mol. The van der Waals surface area contributed by atoms with E-state index in [4.69, 9.17) is 0 Å². The van der Waals surface area contributed by atoms with Crippen molar-refractivity contribution in [3.05, 3.63) is 60.2 Å². The third kappa shape index (κ3) is 8.00. The summed E-state index contributed by atoms with van der Waals surface area (Å²) in [6, 6.07) is 10.0. The number of hydrogen-bond acceptors (Lipinski definition) is 4. The molecule has 4 bridgehead atoms. The highest BCUT2D eigenvalue weighted by molar-refractivity contribution is 7.83. The summed E-state index contributed by atoms with van der Waals surface area (Å²) in [5, 5.41) is 0. The van der Waals surface area contributed by atoms with E-state index in [2.05, 4.69) is 4.74 Å². The van der Waals surface area contributed by atoms with Crippen molar-refractivity contribution in [1.29, 1.82) is 0 Å². The van der Waals surface area contributed by atoms with Gasteiger partial charge in [-0.15, -0.1) is 0 Å². The van der Waals surface area contributed by atoms with Gasteiger partial charge in [0.05, 0.1) is 21.9 Å². The first-order valence-electron chi connectivity index (χ1n) is 14.7. The zero-order chi connectivity index (χ0) is 31.8. The number of carbonyl (C=O) groups is 1. The molecule has 2 aliphatic heterocycles. The summed E-state index contributed by atoms with van der Waals surface area (Å²) >= 11 is 0. The van der Waals surface area contributed by atoms with Gasteiger partial charge in [-0.3, -0.25) is 0 Å². The predicted octanol–water partition coefficient (Wildman–Crippen LogP) is 6.20. The molecule has 240 valence electrons. The van der Waals surface area contributed by atoms with E-state index in [1.807, 2.05) is 27.7 Å². The third-order valence-corrected chi connectivity index (χ3v) is 11.6. The Labute approximate surface area is 257 Å². The molecule has 2 aliphatic carbocycles. The monoisotopic (exact) mass is 646 g/mol. The summed E-state index contributed by atoms with van der Waals surface area (Å²) in [5.74, 6) is -0.809. The minimum absolute atomic E-state index is 0.132. The largest absolute Gasteiger partial charge is 0.385 e. The molecule has 2 heterocycles. The summed E-state index contributed by atoms with van der Waals surface area (Å²) < 4.78 is 85.8. The van der Waals surface area contributed by atoms with Gasteiger partial charge >= 0.3 is 0 Å². The van der Waals surface area contributed by atoms with Crippen molar-refractivity contribution in [2.24, 2.45) is 11.8 Å². The van der Waals surface area contributed by atoms with Crippen LogP contribution in [-0.4, -0.2) is 73.5 Å². The Morgan fingerprint density at radius 1 is 0.837 bits per heavy atom. The van der Waals surface area contributed by atoms with Gasteiger partial charge in [-0.1, -0.05) is 13.8 Å². The fraction of sp³-hybridized carbons (Fsp3) is 0.581. The molecule has 4 aliphatic rings. The van der Waals surface area contributed by atoms with Crippen LogP contribution in [0.3, 0.4) is 0 Å². The molecule has 0 spiro atoms. The first-order chi connectivity index (χ1) is 20.6. The quantitative estimate of drug-likeness (QED) is 0.277. The highest BCUT2D eigenvalue weighted by atomic mass is 32.2. The molecular weight excluding hydrogens is 604 g/mol. The second-order valence-corrected chi connectivity index (χ2v) is 13.5. The van der Waals surface area contributed by atoms with Gasteiger partial charge in [0.25, 0.3) is 0 Å². The maximum atomic E-state index is 13.7. The molecule has 6 nitrogen and oxygen atoms in total. The molecule has 2 saturated carbocycles. The molecule has 10 unspecified atom stereocenters. The van der Waals surface area contributed by atoms with Gasteiger partial charge in [0.1, 0.15) is 52.2 Å². The molecule has 0 aromatic heterocycles. The Kier molecular flexibility index (Phi) is 13.5. The van der Waals surface area contributed by atoms with Crippen LogP contribution < -0.4 is 0 Å². The Morgan fingerprint density at radius 3 is 1.77 bits per heavy atom. The van der Waals surface area contributed by atoms with Crippen LogP contribution in [0.4, 0.5) is 17.6 Å². The maximum Gasteiger partial charge on any atom is 0.138 e. The first kappa shape index (κ1) is 35.5. The van der Waals surface area contributed by atoms with Crippen molar-refractivity contribution >= 4 is 28.3 Å². The van der Waals surface area contributed by atoms with Crippen LogP contribution in [-0.2, 0) is 31.5 Å². The molecule has 2 aromatic carbocycles. The van der Waals surface area contributed by atoms with E-state index >= 15 is 0 Å². The fourth-order valence-corrected chi connectivity index (χ4v) is 9.21. The summed E-state index contributed by atoms with van der Waals surface area (Å²) in [6.45, 7) is 8.78. The van der Waals surface area contributed by atoms with Crippen LogP contribution in [0.15, 0.2) is 58.3 Å². The van der Waals surface area contributed by atoms with E-state index in [9.17, 15) is 30.8 Å². The number of alkyl halides is 2. The number of methoxy groups -OCH3 is 1. The van der Waals surface area contributed by atoms with E-state index in [0.29, 0.717) is 41.3 Å². The standard InChI is InChI=1S/C13H13F2NO2S.C13H15F2NOS.C3H8O.C2H6/c14-8-1-3-10(4-2-8)19(18)16-9-5-11(12(15)6-9)13(16)7-17;1-8-9-6-12(15)13(7-9)16(8)18(17)11-4-2-10(14)3-5-11;1-3-4-2;1-2/h1-4,7,9,11-13H,5-6H2;2-5,8-9,12-13H,6-7H2,1H3;3H2,1-2H3;1-2H3. The SMILES string of the molecule is CC.CC1C2CC(F)C(C2)N1S(=O)c1ccc(F)cc1.CCOC.O=CC1C2CC(CC2F)N1S(=O)c1ccc(F)cc1.